The minimum absolute atomic E-state index is 0.222. The third-order valence-corrected chi connectivity index (χ3v) is 3.89. The molecule has 0 aliphatic rings. The Morgan fingerprint density at radius 3 is 2.30 bits per heavy atom. The molecule has 1 heteroatoms. The molecule has 0 atom stereocenters. The van der Waals surface area contributed by atoms with Crippen molar-refractivity contribution >= 4 is 10.9 Å². The van der Waals surface area contributed by atoms with Gasteiger partial charge in [-0.2, -0.15) is 0 Å². The highest BCUT2D eigenvalue weighted by molar-refractivity contribution is 5.83. The largest absolute Gasteiger partial charge is 0.361 e. The first-order valence-corrected chi connectivity index (χ1v) is 7.18. The average Bonchev–Trinajstić information content (AvgIpc) is 2.82. The molecule has 0 radical (unpaired) electrons. The van der Waals surface area contributed by atoms with Crippen molar-refractivity contribution in [2.24, 2.45) is 0 Å². The number of rotatable bonds is 2. The average molecular weight is 263 g/mol. The molecule has 20 heavy (non-hydrogen) atoms. The van der Waals surface area contributed by atoms with Gasteiger partial charge < -0.3 is 4.98 Å². The minimum Gasteiger partial charge on any atom is -0.361 e. The fourth-order valence-electron chi connectivity index (χ4n) is 2.62. The fourth-order valence-corrected chi connectivity index (χ4v) is 2.62. The van der Waals surface area contributed by atoms with Crippen LogP contribution in [0.4, 0.5) is 0 Å². The summed E-state index contributed by atoms with van der Waals surface area (Å²) in [7, 11) is 0. The van der Waals surface area contributed by atoms with Crippen molar-refractivity contribution in [1.82, 2.24) is 4.98 Å². The van der Waals surface area contributed by atoms with Crippen molar-refractivity contribution in [1.29, 1.82) is 0 Å². The third-order valence-electron chi connectivity index (χ3n) is 3.89. The van der Waals surface area contributed by atoms with Crippen LogP contribution in [0.2, 0.25) is 0 Å². The Labute approximate surface area is 120 Å². The van der Waals surface area contributed by atoms with Crippen molar-refractivity contribution < 1.29 is 0 Å². The first-order chi connectivity index (χ1) is 9.54. The van der Waals surface area contributed by atoms with Gasteiger partial charge >= 0.3 is 0 Å². The van der Waals surface area contributed by atoms with E-state index in [1.807, 2.05) is 0 Å². The summed E-state index contributed by atoms with van der Waals surface area (Å²) in [6.07, 6.45) is 3.11. The summed E-state index contributed by atoms with van der Waals surface area (Å²) < 4.78 is 0. The lowest BCUT2D eigenvalue weighted by atomic mass is 9.86. The highest BCUT2D eigenvalue weighted by Gasteiger charge is 2.13. The second-order valence-electron chi connectivity index (χ2n) is 6.48. The molecule has 3 rings (SSSR count). The Bertz CT molecular complexity index is 711. The van der Waals surface area contributed by atoms with Crippen molar-refractivity contribution in [3.05, 3.63) is 71.4 Å². The van der Waals surface area contributed by atoms with Crippen LogP contribution in [0.1, 0.15) is 37.5 Å². The first kappa shape index (κ1) is 13.0. The number of para-hydroxylation sites is 1. The minimum atomic E-state index is 0.222. The van der Waals surface area contributed by atoms with Gasteiger partial charge in [-0.15, -0.1) is 0 Å². The number of nitrogens with one attached hydrogen (secondary N) is 1. The zero-order chi connectivity index (χ0) is 14.2. The zero-order valence-electron chi connectivity index (χ0n) is 12.4. The Balaban J connectivity index is 1.88. The van der Waals surface area contributed by atoms with Gasteiger partial charge in [-0.05, 0) is 34.6 Å². The summed E-state index contributed by atoms with van der Waals surface area (Å²) in [4.78, 5) is 3.34. The van der Waals surface area contributed by atoms with Gasteiger partial charge in [-0.3, -0.25) is 0 Å². The maximum absolute atomic E-state index is 3.34. The van der Waals surface area contributed by atoms with Crippen LogP contribution in [0.25, 0.3) is 10.9 Å². The summed E-state index contributed by atoms with van der Waals surface area (Å²) in [6, 6.07) is 17.5. The lowest BCUT2D eigenvalue weighted by Crippen LogP contribution is -2.10. The third kappa shape index (κ3) is 2.49. The maximum atomic E-state index is 3.34. The highest BCUT2D eigenvalue weighted by atomic mass is 14.7. The van der Waals surface area contributed by atoms with Gasteiger partial charge in [0.15, 0.2) is 0 Å². The van der Waals surface area contributed by atoms with Crippen LogP contribution in [0.5, 0.6) is 0 Å². The molecule has 102 valence electrons. The summed E-state index contributed by atoms with van der Waals surface area (Å²) in [5.74, 6) is 0. The molecule has 0 unspecified atom stereocenters. The molecule has 0 aliphatic carbocycles. The molecule has 1 N–H and O–H groups in total. The SMILES string of the molecule is CC(C)(C)c1ccc(Cc2c[nH]c3ccccc23)cc1. The monoisotopic (exact) mass is 263 g/mol. The standard InChI is InChI=1S/C19H21N/c1-19(2,3)16-10-8-14(9-11-16)12-15-13-20-18-7-5-4-6-17(15)18/h4-11,13,20H,12H2,1-3H3. The summed E-state index contributed by atoms with van der Waals surface area (Å²) in [5.41, 5.74) is 5.56. The van der Waals surface area contributed by atoms with Crippen LogP contribution < -0.4 is 0 Å². The number of aromatic nitrogens is 1. The van der Waals surface area contributed by atoms with Crippen LogP contribution in [0.3, 0.4) is 0 Å². The maximum Gasteiger partial charge on any atom is 0.0456 e. The van der Waals surface area contributed by atoms with E-state index in [-0.39, 0.29) is 5.41 Å². The molecule has 3 aromatic rings. The first-order valence-electron chi connectivity index (χ1n) is 7.18. The molecule has 1 heterocycles. The quantitative estimate of drug-likeness (QED) is 0.665. The predicted octanol–water partition coefficient (Wildman–Crippen LogP) is 5.06. The summed E-state index contributed by atoms with van der Waals surface area (Å²) in [5, 5.41) is 1.33. The van der Waals surface area contributed by atoms with Gasteiger partial charge in [0.05, 0.1) is 0 Å². The van der Waals surface area contributed by atoms with E-state index in [0.29, 0.717) is 0 Å². The van der Waals surface area contributed by atoms with E-state index < -0.39 is 0 Å². The fraction of sp³-hybridized carbons (Fsp3) is 0.263. The van der Waals surface area contributed by atoms with E-state index in [9.17, 15) is 0 Å². The van der Waals surface area contributed by atoms with Crippen LogP contribution in [0.15, 0.2) is 54.7 Å². The molecule has 0 spiro atoms. The van der Waals surface area contributed by atoms with Crippen molar-refractivity contribution in [3.63, 3.8) is 0 Å². The van der Waals surface area contributed by atoms with Crippen molar-refractivity contribution in [3.8, 4) is 0 Å². The normalized spacial score (nSPS) is 11.9. The van der Waals surface area contributed by atoms with Gasteiger partial charge in [0.25, 0.3) is 0 Å². The molecule has 0 fully saturated rings. The Morgan fingerprint density at radius 1 is 0.900 bits per heavy atom. The van der Waals surface area contributed by atoms with E-state index in [4.69, 9.17) is 0 Å². The van der Waals surface area contributed by atoms with Gasteiger partial charge in [0, 0.05) is 17.1 Å². The molecule has 0 amide bonds. The number of benzene rings is 2. The summed E-state index contributed by atoms with van der Waals surface area (Å²) in [6.45, 7) is 6.75. The van der Waals surface area contributed by atoms with E-state index in [1.165, 1.54) is 27.6 Å². The summed E-state index contributed by atoms with van der Waals surface area (Å²) >= 11 is 0. The van der Waals surface area contributed by atoms with Crippen LogP contribution in [0, 0.1) is 0 Å². The van der Waals surface area contributed by atoms with E-state index in [1.54, 1.807) is 0 Å². The van der Waals surface area contributed by atoms with Crippen LogP contribution >= 0.6 is 0 Å². The Kier molecular flexibility index (Phi) is 3.13. The van der Waals surface area contributed by atoms with Gasteiger partial charge in [-0.1, -0.05) is 63.2 Å². The molecule has 0 saturated heterocycles. The number of hydrogen-bond donors (Lipinski definition) is 1. The van der Waals surface area contributed by atoms with Gasteiger partial charge in [-0.25, -0.2) is 0 Å². The molecular formula is C19H21N. The van der Waals surface area contributed by atoms with Crippen molar-refractivity contribution in [2.45, 2.75) is 32.6 Å². The second kappa shape index (κ2) is 4.82. The lowest BCUT2D eigenvalue weighted by Gasteiger charge is -2.19. The topological polar surface area (TPSA) is 15.8 Å². The van der Waals surface area contributed by atoms with Crippen LogP contribution in [-0.2, 0) is 11.8 Å². The predicted molar refractivity (Wildman–Crippen MR) is 86.2 cm³/mol. The van der Waals surface area contributed by atoms with Crippen LogP contribution in [-0.4, -0.2) is 4.98 Å². The van der Waals surface area contributed by atoms with E-state index >= 15 is 0 Å². The molecule has 2 aromatic carbocycles. The number of hydrogen-bond acceptors (Lipinski definition) is 0. The van der Waals surface area contributed by atoms with Crippen molar-refractivity contribution in [2.75, 3.05) is 0 Å². The van der Waals surface area contributed by atoms with Gasteiger partial charge in [0.2, 0.25) is 0 Å². The number of H-pyrrole nitrogens is 1. The smallest absolute Gasteiger partial charge is 0.0456 e. The van der Waals surface area contributed by atoms with Gasteiger partial charge in [0.1, 0.15) is 0 Å². The molecule has 0 saturated carbocycles. The lowest BCUT2D eigenvalue weighted by molar-refractivity contribution is 0.590. The molecule has 1 nitrogen and oxygen atoms in total. The van der Waals surface area contributed by atoms with E-state index in [0.717, 1.165) is 6.42 Å². The number of fused-ring (bicyclic) bond motifs is 1. The van der Waals surface area contributed by atoms with E-state index in [2.05, 4.69) is 80.5 Å². The molecule has 1 aromatic heterocycles. The Hall–Kier alpha value is -2.02. The molecule has 0 bridgehead atoms. The highest BCUT2D eigenvalue weighted by Crippen LogP contribution is 2.24. The molecule has 0 aliphatic heterocycles. The second-order valence-corrected chi connectivity index (χ2v) is 6.48. The number of aromatic amines is 1. The Morgan fingerprint density at radius 2 is 1.60 bits per heavy atom. The zero-order valence-corrected chi connectivity index (χ0v) is 12.4. The molecular weight excluding hydrogens is 242 g/mol.